The first-order valence-electron chi connectivity index (χ1n) is 6.98. The third-order valence-electron chi connectivity index (χ3n) is 3.56. The number of benzene rings is 1. The summed E-state index contributed by atoms with van der Waals surface area (Å²) in [6.45, 7) is 3.90. The summed E-state index contributed by atoms with van der Waals surface area (Å²) in [7, 11) is 0. The third-order valence-corrected chi connectivity index (χ3v) is 4.45. The Labute approximate surface area is 122 Å². The van der Waals surface area contributed by atoms with Crippen LogP contribution in [0.4, 0.5) is 4.39 Å². The second-order valence-corrected chi connectivity index (χ2v) is 5.84. The molecule has 0 amide bonds. The van der Waals surface area contributed by atoms with Gasteiger partial charge in [-0.3, -0.25) is 0 Å². The number of hydrogen-bond acceptors (Lipinski definition) is 2. The SMILES string of the molecule is CCNC(Cc1cccc(F)c1Br)CC1CCCO1. The third kappa shape index (κ3) is 4.26. The lowest BCUT2D eigenvalue weighted by atomic mass is 9.99. The zero-order valence-corrected chi connectivity index (χ0v) is 12.9. The van der Waals surface area contributed by atoms with Gasteiger partial charge in [-0.1, -0.05) is 19.1 Å². The van der Waals surface area contributed by atoms with E-state index in [1.54, 1.807) is 6.07 Å². The Bertz CT molecular complexity index is 407. The van der Waals surface area contributed by atoms with Gasteiger partial charge in [-0.2, -0.15) is 0 Å². The fraction of sp³-hybridized carbons (Fsp3) is 0.600. The van der Waals surface area contributed by atoms with Gasteiger partial charge in [0.2, 0.25) is 0 Å². The van der Waals surface area contributed by atoms with E-state index in [1.165, 1.54) is 6.07 Å². The summed E-state index contributed by atoms with van der Waals surface area (Å²) in [4.78, 5) is 0. The molecule has 0 aromatic heterocycles. The second-order valence-electron chi connectivity index (χ2n) is 5.04. The molecule has 0 saturated carbocycles. The average Bonchev–Trinajstić information content (AvgIpc) is 2.88. The Morgan fingerprint density at radius 1 is 1.53 bits per heavy atom. The number of hydrogen-bond donors (Lipinski definition) is 1. The second kappa shape index (κ2) is 7.36. The van der Waals surface area contributed by atoms with Crippen LogP contribution in [0.1, 0.15) is 31.7 Å². The lowest BCUT2D eigenvalue weighted by Crippen LogP contribution is -2.34. The van der Waals surface area contributed by atoms with Crippen LogP contribution in [0.25, 0.3) is 0 Å². The molecule has 0 spiro atoms. The average molecular weight is 330 g/mol. The fourth-order valence-corrected chi connectivity index (χ4v) is 3.07. The Balaban J connectivity index is 2.00. The van der Waals surface area contributed by atoms with Crippen LogP contribution in [-0.4, -0.2) is 25.3 Å². The molecule has 2 nitrogen and oxygen atoms in total. The van der Waals surface area contributed by atoms with Crippen LogP contribution in [0.15, 0.2) is 22.7 Å². The van der Waals surface area contributed by atoms with Crippen molar-refractivity contribution in [1.82, 2.24) is 5.32 Å². The topological polar surface area (TPSA) is 21.3 Å². The van der Waals surface area contributed by atoms with Crippen LogP contribution in [0.5, 0.6) is 0 Å². The van der Waals surface area contributed by atoms with Gasteiger partial charge in [-0.15, -0.1) is 0 Å². The Morgan fingerprint density at radius 2 is 2.37 bits per heavy atom. The van der Waals surface area contributed by atoms with E-state index >= 15 is 0 Å². The highest BCUT2D eigenvalue weighted by molar-refractivity contribution is 9.10. The van der Waals surface area contributed by atoms with E-state index in [2.05, 4.69) is 28.2 Å². The molecule has 1 aromatic carbocycles. The first-order valence-corrected chi connectivity index (χ1v) is 7.78. The molecule has 19 heavy (non-hydrogen) atoms. The molecule has 1 saturated heterocycles. The normalized spacial score (nSPS) is 20.7. The van der Waals surface area contributed by atoms with Crippen molar-refractivity contribution in [2.24, 2.45) is 0 Å². The first kappa shape index (κ1) is 14.9. The van der Waals surface area contributed by atoms with Crippen LogP contribution in [0.2, 0.25) is 0 Å². The van der Waals surface area contributed by atoms with Gasteiger partial charge >= 0.3 is 0 Å². The highest BCUT2D eigenvalue weighted by atomic mass is 79.9. The molecular weight excluding hydrogens is 309 g/mol. The molecule has 0 radical (unpaired) electrons. The van der Waals surface area contributed by atoms with Gasteiger partial charge in [0.25, 0.3) is 0 Å². The largest absolute Gasteiger partial charge is 0.378 e. The van der Waals surface area contributed by atoms with Crippen molar-refractivity contribution in [3.8, 4) is 0 Å². The lowest BCUT2D eigenvalue weighted by Gasteiger charge is -2.22. The number of ether oxygens (including phenoxy) is 1. The zero-order chi connectivity index (χ0) is 13.7. The van der Waals surface area contributed by atoms with E-state index in [4.69, 9.17) is 4.74 Å². The standard InChI is InChI=1S/C15H21BrFNO/c1-2-18-12(10-13-6-4-8-19-13)9-11-5-3-7-14(17)15(11)16/h3,5,7,12-13,18H,2,4,6,8-10H2,1H3. The van der Waals surface area contributed by atoms with Gasteiger partial charge in [0.15, 0.2) is 0 Å². The van der Waals surface area contributed by atoms with E-state index in [9.17, 15) is 4.39 Å². The van der Waals surface area contributed by atoms with Crippen molar-refractivity contribution in [2.45, 2.75) is 44.8 Å². The van der Waals surface area contributed by atoms with Crippen molar-refractivity contribution in [2.75, 3.05) is 13.2 Å². The van der Waals surface area contributed by atoms with E-state index in [0.717, 1.165) is 44.4 Å². The molecule has 1 aliphatic heterocycles. The molecule has 0 bridgehead atoms. The Kier molecular flexibility index (Phi) is 5.79. The minimum Gasteiger partial charge on any atom is -0.378 e. The number of likely N-dealkylation sites (N-methyl/N-ethyl adjacent to an activating group) is 1. The maximum absolute atomic E-state index is 13.5. The van der Waals surface area contributed by atoms with Crippen molar-refractivity contribution >= 4 is 15.9 Å². The van der Waals surface area contributed by atoms with Gasteiger partial charge in [0.1, 0.15) is 5.82 Å². The van der Waals surface area contributed by atoms with Gasteiger partial charge in [0.05, 0.1) is 10.6 Å². The molecule has 106 valence electrons. The molecular formula is C15H21BrFNO. The monoisotopic (exact) mass is 329 g/mol. The van der Waals surface area contributed by atoms with Crippen molar-refractivity contribution in [3.63, 3.8) is 0 Å². The minimum atomic E-state index is -0.190. The summed E-state index contributed by atoms with van der Waals surface area (Å²) < 4.78 is 19.8. The summed E-state index contributed by atoms with van der Waals surface area (Å²) in [5.74, 6) is -0.190. The molecule has 2 atom stereocenters. The first-order chi connectivity index (χ1) is 9.20. The van der Waals surface area contributed by atoms with Crippen LogP contribution in [0.3, 0.4) is 0 Å². The highest BCUT2D eigenvalue weighted by Crippen LogP contribution is 2.24. The maximum atomic E-state index is 13.5. The van der Waals surface area contributed by atoms with E-state index < -0.39 is 0 Å². The minimum absolute atomic E-state index is 0.190. The fourth-order valence-electron chi connectivity index (χ4n) is 2.65. The van der Waals surface area contributed by atoms with Gasteiger partial charge < -0.3 is 10.1 Å². The number of halogens is 2. The molecule has 1 heterocycles. The molecule has 1 aromatic rings. The molecule has 2 rings (SSSR count). The number of nitrogens with one attached hydrogen (secondary N) is 1. The van der Waals surface area contributed by atoms with Crippen LogP contribution in [-0.2, 0) is 11.2 Å². The summed E-state index contributed by atoms with van der Waals surface area (Å²) in [5.41, 5.74) is 1.02. The summed E-state index contributed by atoms with van der Waals surface area (Å²) >= 11 is 3.34. The smallest absolute Gasteiger partial charge is 0.137 e. The van der Waals surface area contributed by atoms with Crippen LogP contribution in [0, 0.1) is 5.82 Å². The molecule has 1 N–H and O–H groups in total. The van der Waals surface area contributed by atoms with E-state index in [1.807, 2.05) is 6.07 Å². The summed E-state index contributed by atoms with van der Waals surface area (Å²) in [6.07, 6.45) is 4.48. The quantitative estimate of drug-likeness (QED) is 0.859. The van der Waals surface area contributed by atoms with E-state index in [0.29, 0.717) is 16.6 Å². The van der Waals surface area contributed by atoms with Crippen molar-refractivity contribution in [1.29, 1.82) is 0 Å². The lowest BCUT2D eigenvalue weighted by molar-refractivity contribution is 0.0947. The molecule has 2 unspecified atom stereocenters. The summed E-state index contributed by atoms with van der Waals surface area (Å²) in [5, 5.41) is 3.48. The molecule has 0 aliphatic carbocycles. The number of rotatable bonds is 6. The van der Waals surface area contributed by atoms with Crippen LogP contribution >= 0.6 is 15.9 Å². The van der Waals surface area contributed by atoms with E-state index in [-0.39, 0.29) is 5.82 Å². The molecule has 1 fully saturated rings. The van der Waals surface area contributed by atoms with Crippen LogP contribution < -0.4 is 5.32 Å². The molecule has 4 heteroatoms. The summed E-state index contributed by atoms with van der Waals surface area (Å²) in [6, 6.07) is 5.57. The van der Waals surface area contributed by atoms with Crippen molar-refractivity contribution < 1.29 is 9.13 Å². The van der Waals surface area contributed by atoms with Gasteiger partial charge in [0, 0.05) is 12.6 Å². The zero-order valence-electron chi connectivity index (χ0n) is 11.3. The van der Waals surface area contributed by atoms with Gasteiger partial charge in [-0.25, -0.2) is 4.39 Å². The van der Waals surface area contributed by atoms with Gasteiger partial charge in [-0.05, 0) is 59.8 Å². The predicted octanol–water partition coefficient (Wildman–Crippen LogP) is 3.68. The van der Waals surface area contributed by atoms with Crippen molar-refractivity contribution in [3.05, 3.63) is 34.1 Å². The maximum Gasteiger partial charge on any atom is 0.137 e. The highest BCUT2D eigenvalue weighted by Gasteiger charge is 2.21. The predicted molar refractivity (Wildman–Crippen MR) is 78.9 cm³/mol. The Morgan fingerprint density at radius 3 is 3.05 bits per heavy atom. The Hall–Kier alpha value is -0.450. The molecule has 1 aliphatic rings.